The van der Waals surface area contributed by atoms with Crippen LogP contribution in [-0.2, 0) is 30.3 Å². The van der Waals surface area contributed by atoms with Crippen LogP contribution in [0.1, 0.15) is 29.3 Å². The first-order valence-electron chi connectivity index (χ1n) is 6.80. The normalized spacial score (nSPS) is 9.83. The third kappa shape index (κ3) is 5.42. The molecule has 1 aromatic carbocycles. The Morgan fingerprint density at radius 2 is 1.91 bits per heavy atom. The fraction of sp³-hybridized carbons (Fsp3) is 0.333. The molecule has 1 aromatic rings. The largest absolute Gasteiger partial charge is 0.481 e. The Bertz CT molecular complexity index is 624. The van der Waals surface area contributed by atoms with Crippen LogP contribution >= 0.6 is 0 Å². The van der Waals surface area contributed by atoms with Crippen molar-refractivity contribution < 1.29 is 33.8 Å². The van der Waals surface area contributed by atoms with E-state index in [0.717, 1.165) is 0 Å². The Balaban J connectivity index is 3.01. The van der Waals surface area contributed by atoms with E-state index in [-0.39, 0.29) is 30.7 Å². The number of rotatable bonds is 6. The number of carboxylic acids is 1. The highest BCUT2D eigenvalue weighted by Crippen LogP contribution is 2.20. The molecule has 0 spiro atoms. The fourth-order valence-corrected chi connectivity index (χ4v) is 1.76. The van der Waals surface area contributed by atoms with E-state index in [1.54, 1.807) is 13.0 Å². The molecule has 8 nitrogen and oxygen atoms in total. The van der Waals surface area contributed by atoms with E-state index in [2.05, 4.69) is 14.8 Å². The quantitative estimate of drug-likeness (QED) is 0.592. The first-order chi connectivity index (χ1) is 10.9. The molecule has 23 heavy (non-hydrogen) atoms. The maximum atomic E-state index is 11.8. The maximum Gasteiger partial charge on any atom is 0.397 e. The number of benzene rings is 1. The number of anilines is 1. The molecule has 124 valence electrons. The Hall–Kier alpha value is -2.90. The lowest BCUT2D eigenvalue weighted by atomic mass is 10.0. The van der Waals surface area contributed by atoms with Crippen molar-refractivity contribution in [2.75, 3.05) is 19.0 Å². The van der Waals surface area contributed by atoms with Gasteiger partial charge in [-0.05, 0) is 31.0 Å². The molecule has 0 heterocycles. The zero-order valence-corrected chi connectivity index (χ0v) is 12.8. The molecule has 0 aliphatic carbocycles. The number of hydrogen-bond donors (Lipinski definition) is 2. The number of nitrogens with one attached hydrogen (secondary N) is 1. The van der Waals surface area contributed by atoms with Crippen molar-refractivity contribution >= 4 is 29.5 Å². The first kappa shape index (κ1) is 18.1. The van der Waals surface area contributed by atoms with Crippen molar-refractivity contribution in [1.82, 2.24) is 0 Å². The highest BCUT2D eigenvalue weighted by molar-refractivity contribution is 6.37. The number of esters is 2. The summed E-state index contributed by atoms with van der Waals surface area (Å²) < 4.78 is 9.18. The van der Waals surface area contributed by atoms with Gasteiger partial charge in [-0.2, -0.15) is 0 Å². The van der Waals surface area contributed by atoms with Crippen LogP contribution in [0.2, 0.25) is 0 Å². The lowest BCUT2D eigenvalue weighted by Gasteiger charge is -2.11. The smallest absolute Gasteiger partial charge is 0.397 e. The third-order valence-corrected chi connectivity index (χ3v) is 2.83. The zero-order valence-electron chi connectivity index (χ0n) is 12.8. The number of amides is 1. The van der Waals surface area contributed by atoms with E-state index >= 15 is 0 Å². The average Bonchev–Trinajstić information content (AvgIpc) is 2.53. The van der Waals surface area contributed by atoms with Gasteiger partial charge in [0.15, 0.2) is 0 Å². The molecule has 0 bridgehead atoms. The second kappa shape index (κ2) is 8.52. The molecule has 0 aliphatic rings. The van der Waals surface area contributed by atoms with E-state index in [1.165, 1.54) is 19.2 Å². The Morgan fingerprint density at radius 1 is 1.22 bits per heavy atom. The number of carbonyl (C=O) groups excluding carboxylic acids is 3. The van der Waals surface area contributed by atoms with Crippen LogP contribution in [0.4, 0.5) is 5.69 Å². The summed E-state index contributed by atoms with van der Waals surface area (Å²) in [6.45, 7) is 1.60. The van der Waals surface area contributed by atoms with E-state index in [1.807, 2.05) is 0 Å². The van der Waals surface area contributed by atoms with Crippen LogP contribution in [0, 0.1) is 0 Å². The second-order valence-electron chi connectivity index (χ2n) is 4.44. The van der Waals surface area contributed by atoms with Gasteiger partial charge in [-0.25, -0.2) is 9.59 Å². The summed E-state index contributed by atoms with van der Waals surface area (Å²) in [5, 5.41) is 11.0. The van der Waals surface area contributed by atoms with Gasteiger partial charge >= 0.3 is 23.8 Å². The highest BCUT2D eigenvalue weighted by Gasteiger charge is 2.19. The molecule has 0 saturated carbocycles. The van der Waals surface area contributed by atoms with Gasteiger partial charge in [0.2, 0.25) is 0 Å². The molecule has 0 radical (unpaired) electrons. The lowest BCUT2D eigenvalue weighted by Crippen LogP contribution is -2.26. The fourth-order valence-electron chi connectivity index (χ4n) is 1.76. The summed E-state index contributed by atoms with van der Waals surface area (Å²) in [5.74, 6) is -3.78. The van der Waals surface area contributed by atoms with Crippen molar-refractivity contribution in [2.45, 2.75) is 19.8 Å². The van der Waals surface area contributed by atoms with Crippen LogP contribution in [0.15, 0.2) is 18.2 Å². The standard InChI is InChI=1S/C15H17NO7/c1-3-23-15(21)13(19)16-11-6-4-9(5-7-12(17)18)8-10(11)14(20)22-2/h4,6,8H,3,5,7H2,1-2H3,(H,16,19)(H,17,18). The predicted octanol–water partition coefficient (Wildman–Crippen LogP) is 0.992. The number of hydrogen-bond acceptors (Lipinski definition) is 6. The monoisotopic (exact) mass is 323 g/mol. The van der Waals surface area contributed by atoms with Crippen molar-refractivity contribution in [1.29, 1.82) is 0 Å². The molecule has 0 unspecified atom stereocenters. The van der Waals surface area contributed by atoms with E-state index < -0.39 is 23.8 Å². The number of carbonyl (C=O) groups is 4. The van der Waals surface area contributed by atoms with Crippen molar-refractivity contribution in [3.63, 3.8) is 0 Å². The van der Waals surface area contributed by atoms with Gasteiger partial charge in [-0.1, -0.05) is 6.07 Å². The Morgan fingerprint density at radius 3 is 2.48 bits per heavy atom. The van der Waals surface area contributed by atoms with Crippen LogP contribution < -0.4 is 5.32 Å². The molecule has 1 rings (SSSR count). The van der Waals surface area contributed by atoms with Crippen molar-refractivity contribution in [2.24, 2.45) is 0 Å². The van der Waals surface area contributed by atoms with Gasteiger partial charge in [-0.15, -0.1) is 0 Å². The summed E-state index contributed by atoms with van der Waals surface area (Å²) in [6.07, 6.45) is 0.112. The van der Waals surface area contributed by atoms with Crippen LogP contribution in [0.3, 0.4) is 0 Å². The number of aliphatic carboxylic acids is 1. The lowest BCUT2D eigenvalue weighted by molar-refractivity contribution is -0.152. The summed E-state index contributed by atoms with van der Waals surface area (Å²) in [5.41, 5.74) is 0.684. The van der Waals surface area contributed by atoms with Gasteiger partial charge in [-0.3, -0.25) is 9.59 Å². The summed E-state index contributed by atoms with van der Waals surface area (Å²) in [4.78, 5) is 45.4. The van der Waals surface area contributed by atoms with Gasteiger partial charge in [0.25, 0.3) is 0 Å². The topological polar surface area (TPSA) is 119 Å². The molecule has 0 fully saturated rings. The minimum Gasteiger partial charge on any atom is -0.481 e. The summed E-state index contributed by atoms with van der Waals surface area (Å²) >= 11 is 0. The summed E-state index contributed by atoms with van der Waals surface area (Å²) in [6, 6.07) is 4.37. The van der Waals surface area contributed by atoms with Crippen molar-refractivity contribution in [3.05, 3.63) is 29.3 Å². The molecular weight excluding hydrogens is 306 g/mol. The molecule has 0 saturated heterocycles. The molecule has 1 amide bonds. The highest BCUT2D eigenvalue weighted by atomic mass is 16.5. The molecule has 0 atom stereocenters. The number of carboxylic acid groups (broad SMARTS) is 1. The minimum atomic E-state index is -1.07. The molecular formula is C15H17NO7. The first-order valence-corrected chi connectivity index (χ1v) is 6.80. The Kier molecular flexibility index (Phi) is 6.72. The van der Waals surface area contributed by atoms with Crippen molar-refractivity contribution in [3.8, 4) is 0 Å². The van der Waals surface area contributed by atoms with E-state index in [4.69, 9.17) is 5.11 Å². The SMILES string of the molecule is CCOC(=O)C(=O)Nc1ccc(CCC(=O)O)cc1C(=O)OC. The number of methoxy groups -OCH3 is 1. The maximum absolute atomic E-state index is 11.8. The van der Waals surface area contributed by atoms with Crippen LogP contribution in [-0.4, -0.2) is 42.6 Å². The van der Waals surface area contributed by atoms with Gasteiger partial charge in [0, 0.05) is 6.42 Å². The summed E-state index contributed by atoms with van der Waals surface area (Å²) in [7, 11) is 1.17. The number of ether oxygens (including phenoxy) is 2. The van der Waals surface area contributed by atoms with Crippen LogP contribution in [0.5, 0.6) is 0 Å². The Labute approximate surface area is 132 Å². The molecule has 0 aliphatic heterocycles. The molecule has 8 heteroatoms. The zero-order chi connectivity index (χ0) is 17.4. The average molecular weight is 323 g/mol. The van der Waals surface area contributed by atoms with Crippen LogP contribution in [0.25, 0.3) is 0 Å². The third-order valence-electron chi connectivity index (χ3n) is 2.83. The van der Waals surface area contributed by atoms with Gasteiger partial charge in [0.05, 0.1) is 25.0 Å². The van der Waals surface area contributed by atoms with E-state index in [0.29, 0.717) is 5.56 Å². The molecule has 0 aromatic heterocycles. The van der Waals surface area contributed by atoms with Gasteiger partial charge < -0.3 is 19.9 Å². The van der Waals surface area contributed by atoms with Gasteiger partial charge in [0.1, 0.15) is 0 Å². The van der Waals surface area contributed by atoms with E-state index in [9.17, 15) is 19.2 Å². The minimum absolute atomic E-state index is 0.0213. The molecule has 2 N–H and O–H groups in total. The second-order valence-corrected chi connectivity index (χ2v) is 4.44. The predicted molar refractivity (Wildman–Crippen MR) is 79.0 cm³/mol. The number of aryl methyl sites for hydroxylation is 1.